The molecule has 1 unspecified atom stereocenters. The Hall–Kier alpha value is 0.0700. The third-order valence-electron chi connectivity index (χ3n) is 5.07. The second kappa shape index (κ2) is 17.0. The third-order valence-corrected chi connectivity index (χ3v) is 6.09. The minimum atomic E-state index is -3.89. The van der Waals surface area contributed by atoms with E-state index >= 15 is 0 Å². The van der Waals surface area contributed by atoms with Crippen molar-refractivity contribution in [1.82, 2.24) is 0 Å². The van der Waals surface area contributed by atoms with Crippen LogP contribution in [0, 0.1) is 0 Å². The molecule has 1 N–H and O–H groups in total. The van der Waals surface area contributed by atoms with Crippen LogP contribution in [0.4, 0.5) is 0 Å². The van der Waals surface area contributed by atoms with E-state index in [1.54, 1.807) is 0 Å². The summed E-state index contributed by atoms with van der Waals surface area (Å²) in [5.74, 6) is 0. The van der Waals surface area contributed by atoms with Crippen LogP contribution in [0.5, 0.6) is 0 Å². The number of nitrogens with zero attached hydrogens (tertiary/aromatic N) is 1. The van der Waals surface area contributed by atoms with Gasteiger partial charge < -0.3 is 9.38 Å². The van der Waals surface area contributed by atoms with Gasteiger partial charge in [-0.15, -0.1) is 0 Å². The van der Waals surface area contributed by atoms with Crippen molar-refractivity contribution in [2.45, 2.75) is 97.3 Å². The van der Waals surface area contributed by atoms with Gasteiger partial charge >= 0.3 is 7.82 Å². The van der Waals surface area contributed by atoms with Gasteiger partial charge in [0.15, 0.2) is 0 Å². The molecule has 0 rings (SSSR count). The Bertz CT molecular complexity index is 377. The first-order valence-electron chi connectivity index (χ1n) is 11.3. The smallest absolute Gasteiger partial charge is 0.327 e. The van der Waals surface area contributed by atoms with E-state index in [1.165, 1.54) is 64.2 Å². The lowest BCUT2D eigenvalue weighted by molar-refractivity contribution is -0.890. The Balaban J connectivity index is 3.69. The first-order valence-corrected chi connectivity index (χ1v) is 12.8. The van der Waals surface area contributed by atoms with E-state index in [4.69, 9.17) is 9.05 Å². The van der Waals surface area contributed by atoms with Crippen LogP contribution < -0.4 is 0 Å². The second-order valence-electron chi connectivity index (χ2n) is 8.41. The molecule has 0 radical (unpaired) electrons. The standard InChI is InChI=1S/C21H46NO4P/c1-5-7-9-11-12-13-14-16-18-22(3,4)19-21-26-27(23,24)25-20-17-15-10-8-6-2/h5-21H2,1-4H3/p+1. The maximum absolute atomic E-state index is 11.9. The summed E-state index contributed by atoms with van der Waals surface area (Å²) in [4.78, 5) is 9.75. The maximum atomic E-state index is 11.9. The normalized spacial score (nSPS) is 14.4. The zero-order valence-corrected chi connectivity index (χ0v) is 19.5. The van der Waals surface area contributed by atoms with Crippen molar-refractivity contribution in [3.63, 3.8) is 0 Å². The average molecular weight is 409 g/mol. The minimum absolute atomic E-state index is 0.258. The number of likely N-dealkylation sites (N-methyl/N-ethyl adjacent to an activating group) is 1. The summed E-state index contributed by atoms with van der Waals surface area (Å²) in [6.07, 6.45) is 15.9. The van der Waals surface area contributed by atoms with Gasteiger partial charge in [0.25, 0.3) is 0 Å². The van der Waals surface area contributed by atoms with Gasteiger partial charge in [0.05, 0.1) is 27.2 Å². The molecule has 0 saturated heterocycles. The van der Waals surface area contributed by atoms with Gasteiger partial charge in [0, 0.05) is 0 Å². The first kappa shape index (κ1) is 27.1. The Kier molecular flexibility index (Phi) is 17.0. The van der Waals surface area contributed by atoms with E-state index < -0.39 is 7.82 Å². The number of hydrogen-bond acceptors (Lipinski definition) is 3. The molecule has 27 heavy (non-hydrogen) atoms. The fourth-order valence-electron chi connectivity index (χ4n) is 3.11. The molecule has 0 aliphatic carbocycles. The molecule has 0 bridgehead atoms. The van der Waals surface area contributed by atoms with Gasteiger partial charge in [-0.1, -0.05) is 78.1 Å². The number of quaternary nitrogens is 1. The van der Waals surface area contributed by atoms with Gasteiger partial charge in [-0.25, -0.2) is 4.57 Å². The zero-order valence-electron chi connectivity index (χ0n) is 18.6. The van der Waals surface area contributed by atoms with Crippen molar-refractivity contribution in [2.75, 3.05) is 40.4 Å². The molecular weight excluding hydrogens is 361 g/mol. The van der Waals surface area contributed by atoms with Crippen molar-refractivity contribution in [1.29, 1.82) is 0 Å². The number of phosphoric acid groups is 1. The fraction of sp³-hybridized carbons (Fsp3) is 1.00. The van der Waals surface area contributed by atoms with E-state index in [9.17, 15) is 9.46 Å². The number of phosphoric ester groups is 1. The summed E-state index contributed by atoms with van der Waals surface area (Å²) in [5, 5.41) is 0. The Morgan fingerprint density at radius 3 is 1.67 bits per heavy atom. The van der Waals surface area contributed by atoms with Gasteiger partial charge in [0.2, 0.25) is 0 Å². The molecule has 164 valence electrons. The maximum Gasteiger partial charge on any atom is 0.472 e. The molecule has 0 aromatic heterocycles. The highest BCUT2D eigenvalue weighted by molar-refractivity contribution is 7.47. The van der Waals surface area contributed by atoms with Crippen LogP contribution in [-0.4, -0.2) is 49.8 Å². The lowest BCUT2D eigenvalue weighted by Gasteiger charge is -2.29. The van der Waals surface area contributed by atoms with Gasteiger partial charge in [-0.2, -0.15) is 0 Å². The van der Waals surface area contributed by atoms with Gasteiger partial charge in [0.1, 0.15) is 13.2 Å². The molecular formula is C21H47NO4P+. The van der Waals surface area contributed by atoms with E-state index in [0.29, 0.717) is 6.61 Å². The molecule has 0 spiro atoms. The molecule has 0 amide bonds. The monoisotopic (exact) mass is 408 g/mol. The van der Waals surface area contributed by atoms with Crippen molar-refractivity contribution in [3.05, 3.63) is 0 Å². The Morgan fingerprint density at radius 1 is 0.667 bits per heavy atom. The fourth-order valence-corrected chi connectivity index (χ4v) is 3.86. The number of unbranched alkanes of at least 4 members (excludes halogenated alkanes) is 11. The van der Waals surface area contributed by atoms with Crippen LogP contribution in [0.15, 0.2) is 0 Å². The number of rotatable bonds is 20. The summed E-state index contributed by atoms with van der Waals surface area (Å²) >= 11 is 0. The second-order valence-corrected chi connectivity index (χ2v) is 9.86. The summed E-state index contributed by atoms with van der Waals surface area (Å²) < 4.78 is 22.9. The Labute approximate surface area is 169 Å². The van der Waals surface area contributed by atoms with Crippen LogP contribution in [0.25, 0.3) is 0 Å². The highest BCUT2D eigenvalue weighted by atomic mass is 31.2. The summed E-state index contributed by atoms with van der Waals surface area (Å²) in [7, 11) is 0.414. The SMILES string of the molecule is CCCCCCCCCC[N+](C)(C)CCOP(=O)(O)OCCCCCCC. The summed E-state index contributed by atoms with van der Waals surface area (Å²) in [6.45, 7) is 6.77. The van der Waals surface area contributed by atoms with Gasteiger partial charge in [-0.3, -0.25) is 9.05 Å². The molecule has 0 aliphatic rings. The van der Waals surface area contributed by atoms with Crippen molar-refractivity contribution in [2.24, 2.45) is 0 Å². The zero-order chi connectivity index (χ0) is 20.4. The molecule has 0 aromatic rings. The predicted octanol–water partition coefficient (Wildman–Crippen LogP) is 6.31. The largest absolute Gasteiger partial charge is 0.472 e. The molecule has 6 heteroatoms. The molecule has 0 aromatic carbocycles. The highest BCUT2D eigenvalue weighted by Crippen LogP contribution is 2.43. The Morgan fingerprint density at radius 2 is 1.11 bits per heavy atom. The molecule has 0 aliphatic heterocycles. The van der Waals surface area contributed by atoms with Gasteiger partial charge in [-0.05, 0) is 19.3 Å². The van der Waals surface area contributed by atoms with E-state index in [0.717, 1.165) is 36.8 Å². The highest BCUT2D eigenvalue weighted by Gasteiger charge is 2.23. The topological polar surface area (TPSA) is 55.8 Å². The van der Waals surface area contributed by atoms with Crippen molar-refractivity contribution in [3.8, 4) is 0 Å². The number of hydrogen-bond donors (Lipinski definition) is 1. The van der Waals surface area contributed by atoms with Crippen LogP contribution >= 0.6 is 7.82 Å². The van der Waals surface area contributed by atoms with Crippen LogP contribution in [0.2, 0.25) is 0 Å². The molecule has 0 fully saturated rings. The van der Waals surface area contributed by atoms with E-state index in [2.05, 4.69) is 27.9 Å². The molecule has 5 nitrogen and oxygen atoms in total. The lowest BCUT2D eigenvalue weighted by atomic mass is 10.1. The molecule has 0 heterocycles. The summed E-state index contributed by atoms with van der Waals surface area (Å²) in [6, 6.07) is 0. The first-order chi connectivity index (χ1) is 12.8. The van der Waals surface area contributed by atoms with E-state index in [1.807, 2.05) is 0 Å². The minimum Gasteiger partial charge on any atom is -0.327 e. The average Bonchev–Trinajstić information content (AvgIpc) is 2.60. The van der Waals surface area contributed by atoms with Crippen LogP contribution in [-0.2, 0) is 13.6 Å². The summed E-state index contributed by atoms with van der Waals surface area (Å²) in [5.41, 5.74) is 0. The quantitative estimate of drug-likeness (QED) is 0.146. The van der Waals surface area contributed by atoms with E-state index in [-0.39, 0.29) is 6.61 Å². The molecule has 1 atom stereocenters. The third kappa shape index (κ3) is 19.2. The van der Waals surface area contributed by atoms with Crippen molar-refractivity contribution < 1.29 is 23.0 Å². The predicted molar refractivity (Wildman–Crippen MR) is 115 cm³/mol. The van der Waals surface area contributed by atoms with Crippen molar-refractivity contribution >= 4 is 7.82 Å². The van der Waals surface area contributed by atoms with Crippen LogP contribution in [0.3, 0.4) is 0 Å². The molecule has 0 saturated carbocycles. The lowest BCUT2D eigenvalue weighted by Crippen LogP contribution is -2.42. The van der Waals surface area contributed by atoms with Crippen LogP contribution in [0.1, 0.15) is 97.3 Å².